The van der Waals surface area contributed by atoms with Gasteiger partial charge in [0.2, 0.25) is 0 Å². The number of rotatable bonds is 4. The van der Waals surface area contributed by atoms with Crippen LogP contribution in [0.1, 0.15) is 55.6 Å². The summed E-state index contributed by atoms with van der Waals surface area (Å²) >= 11 is 0. The van der Waals surface area contributed by atoms with E-state index < -0.39 is 0 Å². The van der Waals surface area contributed by atoms with Crippen molar-refractivity contribution in [3.8, 4) is 66.8 Å². The Labute approximate surface area is 418 Å². The van der Waals surface area contributed by atoms with Gasteiger partial charge in [-0.2, -0.15) is 0 Å². The molecule has 0 atom stereocenters. The van der Waals surface area contributed by atoms with Crippen LogP contribution in [0.4, 0.5) is 0 Å². The van der Waals surface area contributed by atoms with Crippen LogP contribution in [0.5, 0.6) is 0 Å². The normalized spacial score (nSPS) is 11.6. The van der Waals surface area contributed by atoms with E-state index in [1.54, 1.807) is 0 Å². The average Bonchev–Trinajstić information content (AvgIpc) is 3.85. The first-order valence-corrected chi connectivity index (χ1v) is 22.7. The minimum absolute atomic E-state index is 0. The Hall–Kier alpha value is -6.40. The second kappa shape index (κ2) is 19.1. The first-order chi connectivity index (χ1) is 31.2. The number of fused-ring (bicyclic) bond motifs is 8. The molecule has 2 aliphatic carbocycles. The van der Waals surface area contributed by atoms with Crippen molar-refractivity contribution in [1.82, 2.24) is 0 Å². The van der Waals surface area contributed by atoms with E-state index >= 15 is 0 Å². The van der Waals surface area contributed by atoms with E-state index in [1.807, 2.05) is 0 Å². The summed E-state index contributed by atoms with van der Waals surface area (Å²) in [6.45, 7) is 13.2. The van der Waals surface area contributed by atoms with Crippen LogP contribution in [0.3, 0.4) is 0 Å². The number of aryl methyl sites for hydroxylation is 6. The maximum Gasteiger partial charge on any atom is 4.00 e. The summed E-state index contributed by atoms with van der Waals surface area (Å²) in [5, 5.41) is 5.14. The van der Waals surface area contributed by atoms with E-state index in [-0.39, 0.29) is 41.1 Å². The standard InChI is InChI=1S/C33H21.C31H29.2CH3.Zr/c1-3-11-28-22(7-1)9-5-13-30(28)24-15-17-32-26(19-24)21-27-20-25(16-18-33(27)32)31-14-6-10-23-8-2-4-12-29(23)31;1-18-11-20(3)30(21(4)12-18)24-7-9-28-26(15-24)17-27-16-25(8-10-29(27)28)31-22(5)13-19(2)14-23(31)6;;;/h1-19H,21H2;7-15H,17H2,1-6H3;2*1H3;/q4*-1;+4. The summed E-state index contributed by atoms with van der Waals surface area (Å²) < 4.78 is 0. The van der Waals surface area contributed by atoms with Gasteiger partial charge in [-0.15, -0.1) is 58.7 Å². The summed E-state index contributed by atoms with van der Waals surface area (Å²) in [5.41, 5.74) is 29.1. The predicted molar refractivity (Wildman–Crippen MR) is 285 cm³/mol. The molecule has 0 bridgehead atoms. The molecule has 67 heavy (non-hydrogen) atoms. The molecule has 0 saturated carbocycles. The summed E-state index contributed by atoms with van der Waals surface area (Å²) in [6, 6.07) is 70.0. The fourth-order valence-corrected chi connectivity index (χ4v) is 11.1. The molecule has 12 rings (SSSR count). The van der Waals surface area contributed by atoms with Crippen LogP contribution in [0.15, 0.2) is 170 Å². The number of benzene rings is 10. The van der Waals surface area contributed by atoms with Gasteiger partial charge in [-0.3, -0.25) is 0 Å². The van der Waals surface area contributed by atoms with Gasteiger partial charge in [0.1, 0.15) is 0 Å². The van der Waals surface area contributed by atoms with Gasteiger partial charge >= 0.3 is 26.2 Å². The molecule has 324 valence electrons. The number of hydrogen-bond acceptors (Lipinski definition) is 0. The van der Waals surface area contributed by atoms with Crippen LogP contribution in [0, 0.1) is 68.5 Å². The average molecular weight is 940 g/mol. The molecule has 0 N–H and O–H groups in total. The Kier molecular flexibility index (Phi) is 13.4. The summed E-state index contributed by atoms with van der Waals surface area (Å²) in [6.07, 6.45) is 1.89. The Morgan fingerprint density at radius 1 is 0.343 bits per heavy atom. The molecule has 0 unspecified atom stereocenters. The third-order valence-electron chi connectivity index (χ3n) is 13.7. The summed E-state index contributed by atoms with van der Waals surface area (Å²) in [5.74, 6) is 0. The SMILES string of the molecule is Cc1cc(C)c(-c2[c-]c3c(cc2)-c2ccc(-c4c(C)cc(C)cc4C)cc2C3)c(C)c1.[CH3-].[CH3-].[Zr+4].[c-]1c(-c2cccc3ccccc23)ccc2c1Cc1cc(-c3cccc4ccccc34)ccc1-2. The van der Waals surface area contributed by atoms with Gasteiger partial charge in [-0.05, 0) is 115 Å². The minimum atomic E-state index is 0. The maximum absolute atomic E-state index is 3.78. The van der Waals surface area contributed by atoms with Crippen LogP contribution in [-0.4, -0.2) is 0 Å². The molecule has 0 aliphatic heterocycles. The largest absolute Gasteiger partial charge is 4.00 e. The van der Waals surface area contributed by atoms with Crippen LogP contribution in [0.25, 0.3) is 88.3 Å². The van der Waals surface area contributed by atoms with E-state index in [9.17, 15) is 0 Å². The van der Waals surface area contributed by atoms with Crippen molar-refractivity contribution >= 4 is 21.5 Å². The fraction of sp³-hybridized carbons (Fsp3) is 0.121. The van der Waals surface area contributed by atoms with Gasteiger partial charge in [0.05, 0.1) is 0 Å². The molecule has 0 radical (unpaired) electrons. The molecule has 1 heteroatoms. The van der Waals surface area contributed by atoms with Crippen molar-refractivity contribution in [2.45, 2.75) is 54.4 Å². The van der Waals surface area contributed by atoms with Gasteiger partial charge in [0.25, 0.3) is 0 Å². The van der Waals surface area contributed by atoms with Crippen LogP contribution in [-0.2, 0) is 39.0 Å². The van der Waals surface area contributed by atoms with Crippen LogP contribution >= 0.6 is 0 Å². The van der Waals surface area contributed by atoms with Gasteiger partial charge < -0.3 is 14.9 Å². The minimum Gasteiger partial charge on any atom is -0.358 e. The fourth-order valence-electron chi connectivity index (χ4n) is 11.1. The summed E-state index contributed by atoms with van der Waals surface area (Å²) in [4.78, 5) is 0. The third-order valence-corrected chi connectivity index (χ3v) is 13.7. The van der Waals surface area contributed by atoms with E-state index in [4.69, 9.17) is 0 Å². The van der Waals surface area contributed by atoms with Crippen molar-refractivity contribution in [1.29, 1.82) is 0 Å². The number of hydrogen-bond donors (Lipinski definition) is 0. The van der Waals surface area contributed by atoms with Gasteiger partial charge in [0.15, 0.2) is 0 Å². The molecule has 0 amide bonds. The van der Waals surface area contributed by atoms with Crippen molar-refractivity contribution in [3.63, 3.8) is 0 Å². The molecule has 0 heterocycles. The smallest absolute Gasteiger partial charge is 0.358 e. The quantitative estimate of drug-likeness (QED) is 0.154. The monoisotopic (exact) mass is 938 g/mol. The molecule has 0 nitrogen and oxygen atoms in total. The van der Waals surface area contributed by atoms with Gasteiger partial charge in [-0.1, -0.05) is 207 Å². The van der Waals surface area contributed by atoms with Crippen molar-refractivity contribution in [3.05, 3.63) is 252 Å². The van der Waals surface area contributed by atoms with E-state index in [0.717, 1.165) is 12.8 Å². The molecule has 10 aromatic rings. The van der Waals surface area contributed by atoms with Crippen LogP contribution < -0.4 is 0 Å². The molecule has 0 fully saturated rings. The summed E-state index contributed by atoms with van der Waals surface area (Å²) in [7, 11) is 0. The molecular weight excluding hydrogens is 884 g/mol. The first kappa shape index (κ1) is 47.1. The Morgan fingerprint density at radius 2 is 0.761 bits per heavy atom. The van der Waals surface area contributed by atoms with Gasteiger partial charge in [0, 0.05) is 0 Å². The van der Waals surface area contributed by atoms with E-state index in [0.29, 0.717) is 0 Å². The van der Waals surface area contributed by atoms with Crippen molar-refractivity contribution in [2.24, 2.45) is 0 Å². The van der Waals surface area contributed by atoms with Gasteiger partial charge in [-0.25, -0.2) is 0 Å². The Balaban J connectivity index is 0.000000174. The van der Waals surface area contributed by atoms with Crippen molar-refractivity contribution in [2.75, 3.05) is 0 Å². The molecule has 0 spiro atoms. The zero-order valence-electron chi connectivity index (χ0n) is 40.1. The van der Waals surface area contributed by atoms with Crippen LogP contribution in [0.2, 0.25) is 0 Å². The zero-order chi connectivity index (χ0) is 43.6. The molecule has 0 aromatic heterocycles. The second-order valence-corrected chi connectivity index (χ2v) is 18.2. The first-order valence-electron chi connectivity index (χ1n) is 22.7. The molecule has 10 aromatic carbocycles. The maximum atomic E-state index is 3.78. The zero-order valence-corrected chi connectivity index (χ0v) is 42.5. The molecular formula is C66H56Zr. The Morgan fingerprint density at radius 3 is 1.33 bits per heavy atom. The van der Waals surface area contributed by atoms with Crippen molar-refractivity contribution < 1.29 is 26.2 Å². The van der Waals surface area contributed by atoms with E-state index in [2.05, 4.69) is 224 Å². The topological polar surface area (TPSA) is 0 Å². The molecule has 0 saturated heterocycles. The second-order valence-electron chi connectivity index (χ2n) is 18.2. The molecule has 2 aliphatic rings. The van der Waals surface area contributed by atoms with E-state index in [1.165, 1.54) is 144 Å². The third kappa shape index (κ3) is 8.60. The Bertz CT molecular complexity index is 3220. The predicted octanol–water partition coefficient (Wildman–Crippen LogP) is 17.8.